The number of carbonyl (C=O) groups excluding carboxylic acids is 1. The van der Waals surface area contributed by atoms with Crippen LogP contribution in [0.15, 0.2) is 40.1 Å². The van der Waals surface area contributed by atoms with Crippen LogP contribution in [0.2, 0.25) is 0 Å². The van der Waals surface area contributed by atoms with Gasteiger partial charge in [0.1, 0.15) is 11.3 Å². The molecule has 12 heteroatoms. The Hall–Kier alpha value is -4.22. The number of carbonyl (C=O) groups is 1. The van der Waals surface area contributed by atoms with Gasteiger partial charge >= 0.3 is 5.69 Å². The number of fused-ring (bicyclic) bond motifs is 1. The molecule has 0 fully saturated rings. The number of ether oxygens (including phenoxy) is 1. The zero-order valence-corrected chi connectivity index (χ0v) is 21.4. The number of amides is 1. The second-order valence-electron chi connectivity index (χ2n) is 9.74. The Balaban J connectivity index is 1.68. The van der Waals surface area contributed by atoms with E-state index >= 15 is 0 Å². The van der Waals surface area contributed by atoms with Gasteiger partial charge < -0.3 is 15.0 Å². The first kappa shape index (κ1) is 25.9. The third-order valence-corrected chi connectivity index (χ3v) is 5.46. The van der Waals surface area contributed by atoms with Crippen molar-refractivity contribution >= 4 is 22.8 Å². The Morgan fingerprint density at radius 1 is 1.08 bits per heavy atom. The molecule has 0 unspecified atom stereocenters. The minimum absolute atomic E-state index is 0.0922. The molecule has 3 heterocycles. The van der Waals surface area contributed by atoms with Gasteiger partial charge in [-0.05, 0) is 36.1 Å². The molecular formula is C25H30FN7O4. The zero-order chi connectivity index (χ0) is 26.9. The zero-order valence-electron chi connectivity index (χ0n) is 21.4. The minimum atomic E-state index is -0.454. The summed E-state index contributed by atoms with van der Waals surface area (Å²) < 4.78 is 23.0. The first-order valence-corrected chi connectivity index (χ1v) is 12.0. The summed E-state index contributed by atoms with van der Waals surface area (Å²) in [6.07, 6.45) is 1.58. The highest BCUT2D eigenvalue weighted by Gasteiger charge is 2.22. The summed E-state index contributed by atoms with van der Waals surface area (Å²) in [5.41, 5.74) is 0.287. The molecule has 0 aliphatic rings. The lowest BCUT2D eigenvalue weighted by Crippen LogP contribution is -2.41. The van der Waals surface area contributed by atoms with E-state index in [0.29, 0.717) is 12.2 Å². The molecule has 0 bridgehead atoms. The van der Waals surface area contributed by atoms with Crippen LogP contribution in [0.5, 0.6) is 5.75 Å². The number of aromatic amines is 1. The smallest absolute Gasteiger partial charge is 0.332 e. The molecule has 4 rings (SSSR count). The summed E-state index contributed by atoms with van der Waals surface area (Å²) in [5.74, 6) is -0.130. The maximum Gasteiger partial charge on any atom is 0.332 e. The molecule has 0 spiro atoms. The van der Waals surface area contributed by atoms with Gasteiger partial charge in [-0.2, -0.15) is 5.10 Å². The maximum absolute atomic E-state index is 13.2. The van der Waals surface area contributed by atoms with E-state index in [-0.39, 0.29) is 53.4 Å². The molecule has 1 aromatic carbocycles. The number of imidazole rings is 1. The quantitative estimate of drug-likeness (QED) is 0.356. The Morgan fingerprint density at radius 3 is 2.38 bits per heavy atom. The molecular weight excluding hydrogens is 481 g/mol. The van der Waals surface area contributed by atoms with Crippen molar-refractivity contribution in [2.45, 2.75) is 40.8 Å². The standard InChI is InChI=1S/C25H30FN7O4/c1-14(2)10-32-23-21(24(35)33(25(32)36)11-15(3)4)28-22(29-23)20-18(12-31(5)30-20)37-13-19(34)27-17-8-6-16(26)7-9-17/h6-9,12,14-15H,10-11,13H2,1-5H3,(H,27,34)(H,28,29). The van der Waals surface area contributed by atoms with E-state index in [1.54, 1.807) is 13.2 Å². The van der Waals surface area contributed by atoms with Crippen molar-refractivity contribution in [3.8, 4) is 17.3 Å². The SMILES string of the molecule is CC(C)Cn1c(=O)c2[nH]c(-c3nn(C)cc3OCC(=O)Nc3ccc(F)cc3)nc2n(CC(C)C)c1=O. The Morgan fingerprint density at radius 2 is 1.73 bits per heavy atom. The number of nitrogens with one attached hydrogen (secondary N) is 2. The number of benzene rings is 1. The first-order chi connectivity index (χ1) is 17.5. The first-order valence-electron chi connectivity index (χ1n) is 12.0. The molecule has 0 radical (unpaired) electrons. The molecule has 4 aromatic rings. The van der Waals surface area contributed by atoms with Gasteiger partial charge in [-0.3, -0.25) is 23.4 Å². The van der Waals surface area contributed by atoms with Gasteiger partial charge in [-0.15, -0.1) is 0 Å². The molecule has 2 N–H and O–H groups in total. The van der Waals surface area contributed by atoms with Gasteiger partial charge in [0.05, 0.1) is 6.20 Å². The van der Waals surface area contributed by atoms with Gasteiger partial charge in [-0.25, -0.2) is 14.2 Å². The Kier molecular flexibility index (Phi) is 7.28. The van der Waals surface area contributed by atoms with E-state index in [1.807, 2.05) is 27.7 Å². The lowest BCUT2D eigenvalue weighted by molar-refractivity contribution is -0.118. The van der Waals surface area contributed by atoms with E-state index in [1.165, 1.54) is 38.1 Å². The van der Waals surface area contributed by atoms with Gasteiger partial charge in [0, 0.05) is 25.8 Å². The molecule has 196 valence electrons. The molecule has 0 atom stereocenters. The van der Waals surface area contributed by atoms with Gasteiger partial charge in [0.15, 0.2) is 29.5 Å². The molecule has 11 nitrogen and oxygen atoms in total. The van der Waals surface area contributed by atoms with Crippen LogP contribution in [-0.4, -0.2) is 41.4 Å². The van der Waals surface area contributed by atoms with Crippen molar-refractivity contribution in [1.82, 2.24) is 28.9 Å². The number of hydrogen-bond donors (Lipinski definition) is 2. The maximum atomic E-state index is 13.2. The number of H-pyrrole nitrogens is 1. The summed E-state index contributed by atoms with van der Waals surface area (Å²) in [5, 5.41) is 7.01. The van der Waals surface area contributed by atoms with E-state index in [0.717, 1.165) is 0 Å². The largest absolute Gasteiger partial charge is 0.480 e. The van der Waals surface area contributed by atoms with Crippen molar-refractivity contribution in [3.63, 3.8) is 0 Å². The van der Waals surface area contributed by atoms with E-state index in [4.69, 9.17) is 4.74 Å². The lowest BCUT2D eigenvalue weighted by Gasteiger charge is -2.14. The third-order valence-electron chi connectivity index (χ3n) is 5.46. The average molecular weight is 512 g/mol. The predicted octanol–water partition coefficient (Wildman–Crippen LogP) is 2.76. The number of hydrogen-bond acceptors (Lipinski definition) is 6. The second-order valence-corrected chi connectivity index (χ2v) is 9.74. The Labute approximate surface area is 211 Å². The summed E-state index contributed by atoms with van der Waals surface area (Å²) in [7, 11) is 1.68. The van der Waals surface area contributed by atoms with Crippen LogP contribution in [0.25, 0.3) is 22.7 Å². The molecule has 0 aliphatic carbocycles. The number of anilines is 1. The van der Waals surface area contributed by atoms with Crippen LogP contribution in [0.1, 0.15) is 27.7 Å². The van der Waals surface area contributed by atoms with E-state index in [2.05, 4.69) is 20.4 Å². The number of nitrogens with zero attached hydrogens (tertiary/aromatic N) is 5. The van der Waals surface area contributed by atoms with Gasteiger partial charge in [0.25, 0.3) is 11.5 Å². The highest BCUT2D eigenvalue weighted by atomic mass is 19.1. The van der Waals surface area contributed by atoms with Crippen LogP contribution in [0.4, 0.5) is 10.1 Å². The third kappa shape index (κ3) is 5.63. The van der Waals surface area contributed by atoms with Crippen molar-refractivity contribution < 1.29 is 13.9 Å². The van der Waals surface area contributed by atoms with Crippen LogP contribution in [0, 0.1) is 17.7 Å². The predicted molar refractivity (Wildman–Crippen MR) is 137 cm³/mol. The topological polar surface area (TPSA) is 129 Å². The Bertz CT molecular complexity index is 1540. The average Bonchev–Trinajstić information content (AvgIpc) is 3.43. The monoisotopic (exact) mass is 511 g/mol. The number of rotatable bonds is 9. The summed E-state index contributed by atoms with van der Waals surface area (Å²) in [6, 6.07) is 5.37. The summed E-state index contributed by atoms with van der Waals surface area (Å²) in [4.78, 5) is 46.4. The van der Waals surface area contributed by atoms with Crippen molar-refractivity contribution in [3.05, 3.63) is 57.1 Å². The number of aryl methyl sites for hydroxylation is 1. The fourth-order valence-electron chi connectivity index (χ4n) is 3.94. The number of halogens is 1. The molecule has 0 saturated heterocycles. The lowest BCUT2D eigenvalue weighted by atomic mass is 10.2. The number of aromatic nitrogens is 6. The molecule has 0 saturated carbocycles. The van der Waals surface area contributed by atoms with Crippen LogP contribution in [0.3, 0.4) is 0 Å². The van der Waals surface area contributed by atoms with Crippen molar-refractivity contribution in [1.29, 1.82) is 0 Å². The fourth-order valence-corrected chi connectivity index (χ4v) is 3.94. The van der Waals surface area contributed by atoms with Gasteiger partial charge in [-0.1, -0.05) is 27.7 Å². The summed E-state index contributed by atoms with van der Waals surface area (Å²) in [6.45, 7) is 8.15. The van der Waals surface area contributed by atoms with Crippen LogP contribution in [-0.2, 0) is 24.9 Å². The van der Waals surface area contributed by atoms with Crippen LogP contribution >= 0.6 is 0 Å². The second kappa shape index (κ2) is 10.4. The normalized spacial score (nSPS) is 11.6. The minimum Gasteiger partial charge on any atom is -0.480 e. The van der Waals surface area contributed by atoms with Crippen molar-refractivity contribution in [2.75, 3.05) is 11.9 Å². The summed E-state index contributed by atoms with van der Waals surface area (Å²) >= 11 is 0. The molecule has 3 aromatic heterocycles. The van der Waals surface area contributed by atoms with Crippen molar-refractivity contribution in [2.24, 2.45) is 18.9 Å². The van der Waals surface area contributed by atoms with E-state index < -0.39 is 23.0 Å². The van der Waals surface area contributed by atoms with E-state index in [9.17, 15) is 18.8 Å². The highest BCUT2D eigenvalue weighted by molar-refractivity contribution is 5.92. The molecule has 37 heavy (non-hydrogen) atoms. The molecule has 0 aliphatic heterocycles. The fraction of sp³-hybridized carbons (Fsp3) is 0.400. The van der Waals surface area contributed by atoms with Gasteiger partial charge in [0.2, 0.25) is 0 Å². The highest BCUT2D eigenvalue weighted by Crippen LogP contribution is 2.27. The van der Waals surface area contributed by atoms with Crippen LogP contribution < -0.4 is 21.3 Å². The molecule has 1 amide bonds.